The highest BCUT2D eigenvalue weighted by atomic mass is 35.5. The molecule has 0 spiro atoms. The van der Waals surface area contributed by atoms with Gasteiger partial charge in [-0.05, 0) is 43.7 Å². The van der Waals surface area contributed by atoms with E-state index < -0.39 is 0 Å². The second-order valence-corrected chi connectivity index (χ2v) is 6.58. The van der Waals surface area contributed by atoms with Gasteiger partial charge in [0.05, 0.1) is 10.0 Å². The molecule has 1 heterocycles. The first-order valence-electron chi connectivity index (χ1n) is 6.34. The lowest BCUT2D eigenvalue weighted by Gasteiger charge is -2.17. The molecule has 0 fully saturated rings. The molecule has 19 heavy (non-hydrogen) atoms. The van der Waals surface area contributed by atoms with Crippen molar-refractivity contribution in [2.24, 2.45) is 0 Å². The van der Waals surface area contributed by atoms with Gasteiger partial charge in [0, 0.05) is 15.8 Å². The minimum atomic E-state index is 0.291. The predicted molar refractivity (Wildman–Crippen MR) is 85.6 cm³/mol. The molecule has 0 amide bonds. The molecule has 2 aromatic rings. The average molecular weight is 314 g/mol. The van der Waals surface area contributed by atoms with Crippen LogP contribution in [0.3, 0.4) is 0 Å². The Morgan fingerprint density at radius 2 is 2.00 bits per heavy atom. The van der Waals surface area contributed by atoms with Crippen molar-refractivity contribution in [3.05, 3.63) is 55.7 Å². The Kier molecular flexibility index (Phi) is 5.28. The Morgan fingerprint density at radius 1 is 1.21 bits per heavy atom. The summed E-state index contributed by atoms with van der Waals surface area (Å²) >= 11 is 14.2. The van der Waals surface area contributed by atoms with E-state index in [1.54, 1.807) is 0 Å². The summed E-state index contributed by atoms with van der Waals surface area (Å²) in [6.45, 7) is 5.18. The molecule has 0 radical (unpaired) electrons. The van der Waals surface area contributed by atoms with E-state index in [-0.39, 0.29) is 0 Å². The number of nitrogens with one attached hydrogen (secondary N) is 1. The predicted octanol–water partition coefficient (Wildman–Crippen LogP) is 5.26. The normalized spacial score (nSPS) is 12.6. The molecule has 0 aliphatic heterocycles. The molecule has 1 unspecified atom stereocenters. The van der Waals surface area contributed by atoms with Gasteiger partial charge in [-0.3, -0.25) is 0 Å². The van der Waals surface area contributed by atoms with Crippen molar-refractivity contribution in [1.82, 2.24) is 5.32 Å². The molecule has 1 aromatic carbocycles. The lowest BCUT2D eigenvalue weighted by atomic mass is 10.0. The summed E-state index contributed by atoms with van der Waals surface area (Å²) < 4.78 is 0. The van der Waals surface area contributed by atoms with Gasteiger partial charge in [0.15, 0.2) is 0 Å². The molecule has 2 rings (SSSR count). The van der Waals surface area contributed by atoms with Gasteiger partial charge in [-0.15, -0.1) is 11.3 Å². The standard InChI is InChI=1S/C15H17Cl2NS/c1-3-18-13(14-8-7-10(2)19-14)9-11-5-4-6-12(16)15(11)17/h4-8,13,18H,3,9H2,1-2H3. The molecule has 1 atom stereocenters. The van der Waals surface area contributed by atoms with E-state index in [1.165, 1.54) is 9.75 Å². The van der Waals surface area contributed by atoms with Crippen molar-refractivity contribution in [3.63, 3.8) is 0 Å². The number of likely N-dealkylation sites (N-methyl/N-ethyl adjacent to an activating group) is 1. The number of thiophene rings is 1. The molecule has 1 N–H and O–H groups in total. The van der Waals surface area contributed by atoms with Gasteiger partial charge in [0.25, 0.3) is 0 Å². The first-order valence-corrected chi connectivity index (χ1v) is 7.91. The molecule has 0 saturated carbocycles. The smallest absolute Gasteiger partial charge is 0.0624 e. The quantitative estimate of drug-likeness (QED) is 0.794. The number of aryl methyl sites for hydroxylation is 1. The van der Waals surface area contributed by atoms with Crippen molar-refractivity contribution in [3.8, 4) is 0 Å². The molecule has 0 aliphatic carbocycles. The van der Waals surface area contributed by atoms with Crippen LogP contribution < -0.4 is 5.32 Å². The monoisotopic (exact) mass is 313 g/mol. The van der Waals surface area contributed by atoms with Crippen molar-refractivity contribution in [1.29, 1.82) is 0 Å². The Morgan fingerprint density at radius 3 is 2.63 bits per heavy atom. The summed E-state index contributed by atoms with van der Waals surface area (Å²) in [4.78, 5) is 2.67. The van der Waals surface area contributed by atoms with E-state index in [0.717, 1.165) is 18.5 Å². The Hall–Kier alpha value is -0.540. The van der Waals surface area contributed by atoms with E-state index in [2.05, 4.69) is 31.3 Å². The van der Waals surface area contributed by atoms with Crippen molar-refractivity contribution < 1.29 is 0 Å². The van der Waals surface area contributed by atoms with E-state index in [0.29, 0.717) is 16.1 Å². The summed E-state index contributed by atoms with van der Waals surface area (Å²) in [5.41, 5.74) is 1.09. The highest BCUT2D eigenvalue weighted by Crippen LogP contribution is 2.31. The molecule has 0 saturated heterocycles. The van der Waals surface area contributed by atoms with Crippen LogP contribution in [0.25, 0.3) is 0 Å². The van der Waals surface area contributed by atoms with Crippen molar-refractivity contribution in [2.75, 3.05) is 6.54 Å². The first kappa shape index (κ1) is 14.9. The number of hydrogen-bond acceptors (Lipinski definition) is 2. The summed E-state index contributed by atoms with van der Waals surface area (Å²) in [6, 6.07) is 10.4. The van der Waals surface area contributed by atoms with Crippen molar-refractivity contribution in [2.45, 2.75) is 26.3 Å². The Bertz CT molecular complexity index is 551. The van der Waals surface area contributed by atoms with Crippen LogP contribution in [0.2, 0.25) is 10.0 Å². The SMILES string of the molecule is CCNC(Cc1cccc(Cl)c1Cl)c1ccc(C)s1. The summed E-state index contributed by atoms with van der Waals surface area (Å²) in [7, 11) is 0. The van der Waals surface area contributed by atoms with Gasteiger partial charge in [0.1, 0.15) is 0 Å². The van der Waals surface area contributed by atoms with Crippen LogP contribution >= 0.6 is 34.5 Å². The average Bonchev–Trinajstić information content (AvgIpc) is 2.81. The summed E-state index contributed by atoms with van der Waals surface area (Å²) in [5.74, 6) is 0. The molecular weight excluding hydrogens is 297 g/mol. The highest BCUT2D eigenvalue weighted by Gasteiger charge is 2.15. The fourth-order valence-electron chi connectivity index (χ4n) is 2.09. The maximum absolute atomic E-state index is 6.27. The fraction of sp³-hybridized carbons (Fsp3) is 0.333. The molecule has 0 bridgehead atoms. The second kappa shape index (κ2) is 6.76. The molecule has 1 aromatic heterocycles. The fourth-order valence-corrected chi connectivity index (χ4v) is 3.44. The van der Waals surface area contributed by atoms with Crippen LogP contribution in [-0.4, -0.2) is 6.54 Å². The third-order valence-electron chi connectivity index (χ3n) is 3.01. The van der Waals surface area contributed by atoms with E-state index in [9.17, 15) is 0 Å². The van der Waals surface area contributed by atoms with Gasteiger partial charge in [-0.2, -0.15) is 0 Å². The van der Waals surface area contributed by atoms with Crippen LogP contribution in [0.1, 0.15) is 28.3 Å². The van der Waals surface area contributed by atoms with Crippen LogP contribution in [0, 0.1) is 6.92 Å². The van der Waals surface area contributed by atoms with Crippen LogP contribution in [0.4, 0.5) is 0 Å². The van der Waals surface area contributed by atoms with Crippen LogP contribution in [0.15, 0.2) is 30.3 Å². The highest BCUT2D eigenvalue weighted by molar-refractivity contribution is 7.12. The third kappa shape index (κ3) is 3.73. The maximum atomic E-state index is 6.27. The minimum absolute atomic E-state index is 0.291. The zero-order chi connectivity index (χ0) is 13.8. The minimum Gasteiger partial charge on any atom is -0.309 e. The molecular formula is C15H17Cl2NS. The van der Waals surface area contributed by atoms with Gasteiger partial charge < -0.3 is 5.32 Å². The molecule has 1 nitrogen and oxygen atoms in total. The lowest BCUT2D eigenvalue weighted by Crippen LogP contribution is -2.22. The summed E-state index contributed by atoms with van der Waals surface area (Å²) in [6.07, 6.45) is 0.854. The number of hydrogen-bond donors (Lipinski definition) is 1. The van der Waals surface area contributed by atoms with Crippen molar-refractivity contribution >= 4 is 34.5 Å². The van der Waals surface area contributed by atoms with Crippen LogP contribution in [-0.2, 0) is 6.42 Å². The van der Waals surface area contributed by atoms with E-state index >= 15 is 0 Å². The maximum Gasteiger partial charge on any atom is 0.0624 e. The first-order chi connectivity index (χ1) is 9.11. The molecule has 102 valence electrons. The molecule has 4 heteroatoms. The lowest BCUT2D eigenvalue weighted by molar-refractivity contribution is 0.558. The zero-order valence-electron chi connectivity index (χ0n) is 11.0. The van der Waals surface area contributed by atoms with E-state index in [1.807, 2.05) is 29.5 Å². The van der Waals surface area contributed by atoms with Gasteiger partial charge in [0.2, 0.25) is 0 Å². The van der Waals surface area contributed by atoms with Crippen LogP contribution in [0.5, 0.6) is 0 Å². The number of halogens is 2. The van der Waals surface area contributed by atoms with E-state index in [4.69, 9.17) is 23.2 Å². The number of rotatable bonds is 5. The summed E-state index contributed by atoms with van der Waals surface area (Å²) in [5, 5.41) is 4.81. The largest absolute Gasteiger partial charge is 0.309 e. The van der Waals surface area contributed by atoms with Gasteiger partial charge in [-0.25, -0.2) is 0 Å². The Balaban J connectivity index is 2.23. The van der Waals surface area contributed by atoms with Gasteiger partial charge in [-0.1, -0.05) is 42.3 Å². The zero-order valence-corrected chi connectivity index (χ0v) is 13.4. The number of benzene rings is 1. The van der Waals surface area contributed by atoms with Gasteiger partial charge >= 0.3 is 0 Å². The topological polar surface area (TPSA) is 12.0 Å². The molecule has 0 aliphatic rings. The Labute approximate surface area is 128 Å². The second-order valence-electron chi connectivity index (χ2n) is 4.48. The third-order valence-corrected chi connectivity index (χ3v) is 4.98.